The SMILES string of the molecule is NCc1cnc2ccc(Cl)cn12. The third-order valence-corrected chi connectivity index (χ3v) is 1.98. The molecule has 0 spiro atoms. The molecule has 0 aliphatic rings. The molecule has 0 amide bonds. The van der Waals surface area contributed by atoms with Gasteiger partial charge >= 0.3 is 0 Å². The van der Waals surface area contributed by atoms with Crippen LogP contribution in [-0.4, -0.2) is 9.38 Å². The molecule has 0 fully saturated rings. The van der Waals surface area contributed by atoms with Crippen LogP contribution in [0.15, 0.2) is 24.5 Å². The van der Waals surface area contributed by atoms with Gasteiger partial charge in [-0.15, -0.1) is 0 Å². The number of aromatic nitrogens is 2. The third-order valence-electron chi connectivity index (χ3n) is 1.76. The van der Waals surface area contributed by atoms with Crippen LogP contribution in [0, 0.1) is 0 Å². The summed E-state index contributed by atoms with van der Waals surface area (Å²) >= 11 is 5.82. The molecule has 0 unspecified atom stereocenters. The van der Waals surface area contributed by atoms with Gasteiger partial charge < -0.3 is 10.1 Å². The molecule has 0 radical (unpaired) electrons. The lowest BCUT2D eigenvalue weighted by molar-refractivity contribution is 0.959. The highest BCUT2D eigenvalue weighted by Gasteiger charge is 2.00. The summed E-state index contributed by atoms with van der Waals surface area (Å²) in [6.07, 6.45) is 3.57. The van der Waals surface area contributed by atoms with Crippen molar-refractivity contribution in [2.45, 2.75) is 6.54 Å². The maximum absolute atomic E-state index is 5.82. The third kappa shape index (κ3) is 1.07. The van der Waals surface area contributed by atoms with Crippen molar-refractivity contribution < 1.29 is 0 Å². The first kappa shape index (κ1) is 7.58. The Labute approximate surface area is 74.8 Å². The smallest absolute Gasteiger partial charge is 0.137 e. The van der Waals surface area contributed by atoms with Gasteiger partial charge in [-0.1, -0.05) is 11.6 Å². The molecule has 12 heavy (non-hydrogen) atoms. The molecular weight excluding hydrogens is 174 g/mol. The zero-order valence-corrected chi connectivity index (χ0v) is 7.12. The number of rotatable bonds is 1. The fourth-order valence-electron chi connectivity index (χ4n) is 1.16. The van der Waals surface area contributed by atoms with Crippen molar-refractivity contribution in [3.63, 3.8) is 0 Å². The molecule has 0 bridgehead atoms. The second kappa shape index (κ2) is 2.77. The lowest BCUT2D eigenvalue weighted by Crippen LogP contribution is -2.00. The van der Waals surface area contributed by atoms with Crippen molar-refractivity contribution in [3.05, 3.63) is 35.2 Å². The van der Waals surface area contributed by atoms with Crippen LogP contribution in [0.25, 0.3) is 5.65 Å². The Balaban J connectivity index is 2.75. The summed E-state index contributed by atoms with van der Waals surface area (Å²) in [7, 11) is 0. The zero-order chi connectivity index (χ0) is 8.55. The monoisotopic (exact) mass is 181 g/mol. The molecule has 0 aromatic carbocycles. The molecule has 0 aliphatic heterocycles. The van der Waals surface area contributed by atoms with Crippen LogP contribution < -0.4 is 5.73 Å². The van der Waals surface area contributed by atoms with Crippen molar-refractivity contribution in [1.82, 2.24) is 9.38 Å². The Morgan fingerprint density at radius 1 is 1.50 bits per heavy atom. The fraction of sp³-hybridized carbons (Fsp3) is 0.125. The van der Waals surface area contributed by atoms with Gasteiger partial charge in [-0.25, -0.2) is 4.98 Å². The topological polar surface area (TPSA) is 43.3 Å². The molecule has 2 heterocycles. The van der Waals surface area contributed by atoms with Gasteiger partial charge in [-0.05, 0) is 12.1 Å². The van der Waals surface area contributed by atoms with Gasteiger partial charge in [0.2, 0.25) is 0 Å². The van der Waals surface area contributed by atoms with Crippen LogP contribution >= 0.6 is 11.6 Å². The predicted octanol–water partition coefficient (Wildman–Crippen LogP) is 1.45. The molecule has 2 aromatic rings. The van der Waals surface area contributed by atoms with E-state index in [-0.39, 0.29) is 0 Å². The summed E-state index contributed by atoms with van der Waals surface area (Å²) in [5, 5.41) is 0.690. The molecule has 2 rings (SSSR count). The van der Waals surface area contributed by atoms with E-state index in [1.54, 1.807) is 6.20 Å². The highest BCUT2D eigenvalue weighted by Crippen LogP contribution is 2.12. The largest absolute Gasteiger partial charge is 0.325 e. The molecule has 2 N–H and O–H groups in total. The Morgan fingerprint density at radius 3 is 3.08 bits per heavy atom. The van der Waals surface area contributed by atoms with Gasteiger partial charge in [0.15, 0.2) is 0 Å². The van der Waals surface area contributed by atoms with Crippen LogP contribution in [0.2, 0.25) is 5.02 Å². The minimum Gasteiger partial charge on any atom is -0.325 e. The van der Waals surface area contributed by atoms with Gasteiger partial charge in [0.1, 0.15) is 5.65 Å². The first-order chi connectivity index (χ1) is 5.81. The van der Waals surface area contributed by atoms with E-state index >= 15 is 0 Å². The summed E-state index contributed by atoms with van der Waals surface area (Å²) in [4.78, 5) is 4.15. The summed E-state index contributed by atoms with van der Waals surface area (Å²) in [6.45, 7) is 0.474. The second-order valence-corrected chi connectivity index (χ2v) is 2.97. The van der Waals surface area contributed by atoms with Crippen LogP contribution in [0.3, 0.4) is 0 Å². The summed E-state index contributed by atoms with van der Waals surface area (Å²) in [5.74, 6) is 0. The molecule has 3 nitrogen and oxygen atoms in total. The average Bonchev–Trinajstić information content (AvgIpc) is 2.46. The predicted molar refractivity (Wildman–Crippen MR) is 48.1 cm³/mol. The molecule has 0 saturated heterocycles. The number of hydrogen-bond donors (Lipinski definition) is 1. The molecule has 0 atom stereocenters. The maximum Gasteiger partial charge on any atom is 0.137 e. The van der Waals surface area contributed by atoms with Crippen LogP contribution in [0.5, 0.6) is 0 Å². The Morgan fingerprint density at radius 2 is 2.33 bits per heavy atom. The van der Waals surface area contributed by atoms with Gasteiger partial charge in [0.25, 0.3) is 0 Å². The highest BCUT2D eigenvalue weighted by molar-refractivity contribution is 6.30. The summed E-state index contributed by atoms with van der Waals surface area (Å²) < 4.78 is 1.89. The minimum absolute atomic E-state index is 0.474. The zero-order valence-electron chi connectivity index (χ0n) is 6.37. The van der Waals surface area contributed by atoms with Crippen molar-refractivity contribution in [3.8, 4) is 0 Å². The standard InChI is InChI=1S/C8H8ClN3/c9-6-1-2-8-11-4-7(3-10)12(8)5-6/h1-2,4-5H,3,10H2. The number of pyridine rings is 1. The van der Waals surface area contributed by atoms with Gasteiger partial charge in [-0.2, -0.15) is 0 Å². The van der Waals surface area contributed by atoms with Crippen molar-refractivity contribution in [2.24, 2.45) is 5.73 Å². The Hall–Kier alpha value is -1.06. The van der Waals surface area contributed by atoms with E-state index in [0.29, 0.717) is 11.6 Å². The van der Waals surface area contributed by atoms with E-state index in [2.05, 4.69) is 4.98 Å². The van der Waals surface area contributed by atoms with E-state index in [1.807, 2.05) is 22.7 Å². The van der Waals surface area contributed by atoms with Gasteiger partial charge in [0.05, 0.1) is 16.9 Å². The van der Waals surface area contributed by atoms with Crippen molar-refractivity contribution >= 4 is 17.2 Å². The average molecular weight is 182 g/mol. The van der Waals surface area contributed by atoms with Crippen LogP contribution in [0.4, 0.5) is 0 Å². The number of hydrogen-bond acceptors (Lipinski definition) is 2. The highest BCUT2D eigenvalue weighted by atomic mass is 35.5. The fourth-order valence-corrected chi connectivity index (χ4v) is 1.32. The van der Waals surface area contributed by atoms with E-state index in [9.17, 15) is 0 Å². The Bertz CT molecular complexity index is 408. The normalized spacial score (nSPS) is 10.8. The van der Waals surface area contributed by atoms with Crippen LogP contribution in [-0.2, 0) is 6.54 Å². The second-order valence-electron chi connectivity index (χ2n) is 2.53. The van der Waals surface area contributed by atoms with Crippen LogP contribution in [0.1, 0.15) is 5.69 Å². The molecule has 62 valence electrons. The van der Waals surface area contributed by atoms with Crippen molar-refractivity contribution in [2.75, 3.05) is 0 Å². The lowest BCUT2D eigenvalue weighted by atomic mass is 10.4. The first-order valence-corrected chi connectivity index (χ1v) is 4.00. The number of halogens is 1. The van der Waals surface area contributed by atoms with E-state index < -0.39 is 0 Å². The minimum atomic E-state index is 0.474. The number of imidazole rings is 1. The first-order valence-electron chi connectivity index (χ1n) is 3.63. The molecule has 4 heteroatoms. The Kier molecular flexibility index (Phi) is 1.75. The lowest BCUT2D eigenvalue weighted by Gasteiger charge is -1.97. The number of nitrogens with zero attached hydrogens (tertiary/aromatic N) is 2. The molecule has 2 aromatic heterocycles. The summed E-state index contributed by atoms with van der Waals surface area (Å²) in [6, 6.07) is 3.67. The quantitative estimate of drug-likeness (QED) is 0.724. The van der Waals surface area contributed by atoms with E-state index in [4.69, 9.17) is 17.3 Å². The molecular formula is C8H8ClN3. The number of nitrogens with two attached hydrogens (primary N) is 1. The molecule has 0 saturated carbocycles. The van der Waals surface area contributed by atoms with Crippen molar-refractivity contribution in [1.29, 1.82) is 0 Å². The number of fused-ring (bicyclic) bond motifs is 1. The van der Waals surface area contributed by atoms with E-state index in [1.165, 1.54) is 0 Å². The molecule has 0 aliphatic carbocycles. The van der Waals surface area contributed by atoms with Gasteiger partial charge in [0, 0.05) is 12.7 Å². The summed E-state index contributed by atoms with van der Waals surface area (Å²) in [5.41, 5.74) is 7.35. The maximum atomic E-state index is 5.82. The van der Waals surface area contributed by atoms with E-state index in [0.717, 1.165) is 11.3 Å². The van der Waals surface area contributed by atoms with Gasteiger partial charge in [-0.3, -0.25) is 0 Å².